The van der Waals surface area contributed by atoms with E-state index in [1.54, 1.807) is 56.7 Å². The zero-order chi connectivity index (χ0) is 26.9. The largest absolute Gasteiger partial charge is 0.497 e. The van der Waals surface area contributed by atoms with Crippen molar-refractivity contribution in [2.24, 2.45) is 0 Å². The van der Waals surface area contributed by atoms with Gasteiger partial charge in [-0.2, -0.15) is 0 Å². The van der Waals surface area contributed by atoms with Gasteiger partial charge in [0.2, 0.25) is 5.78 Å². The SMILES string of the molecule is COc1cccc(C=C2Oc3cc(OC(=O)c4c(-c5ccccc5)oc5ccc(OC)cc45)ccc3C2=O)c1. The lowest BCUT2D eigenvalue weighted by Crippen LogP contribution is -2.09. The molecule has 0 fully saturated rings. The molecule has 39 heavy (non-hydrogen) atoms. The van der Waals surface area contributed by atoms with Crippen molar-refractivity contribution in [3.63, 3.8) is 0 Å². The number of hydrogen-bond donors (Lipinski definition) is 0. The fourth-order valence-electron chi connectivity index (χ4n) is 4.47. The van der Waals surface area contributed by atoms with Crippen LogP contribution in [0.5, 0.6) is 23.0 Å². The third kappa shape index (κ3) is 4.51. The van der Waals surface area contributed by atoms with Gasteiger partial charge in [0.05, 0.1) is 19.8 Å². The Hall–Kier alpha value is -5.30. The number of rotatable bonds is 6. The number of fused-ring (bicyclic) bond motifs is 2. The predicted molar refractivity (Wildman–Crippen MR) is 146 cm³/mol. The molecule has 1 aliphatic rings. The Labute approximate surface area is 223 Å². The van der Waals surface area contributed by atoms with Gasteiger partial charge in [-0.1, -0.05) is 42.5 Å². The van der Waals surface area contributed by atoms with Gasteiger partial charge < -0.3 is 23.4 Å². The minimum absolute atomic E-state index is 0.168. The predicted octanol–water partition coefficient (Wildman–Crippen LogP) is 6.95. The van der Waals surface area contributed by atoms with Gasteiger partial charge in [0.25, 0.3) is 0 Å². The molecular weight excluding hydrogens is 496 g/mol. The van der Waals surface area contributed by atoms with Gasteiger partial charge in [-0.25, -0.2) is 4.79 Å². The topological polar surface area (TPSA) is 84.2 Å². The summed E-state index contributed by atoms with van der Waals surface area (Å²) in [6.45, 7) is 0. The minimum atomic E-state index is -0.614. The summed E-state index contributed by atoms with van der Waals surface area (Å²) in [5.74, 6) is 1.47. The maximum absolute atomic E-state index is 13.6. The van der Waals surface area contributed by atoms with Crippen molar-refractivity contribution < 1.29 is 33.0 Å². The fraction of sp³-hybridized carbons (Fsp3) is 0.0625. The molecule has 5 aromatic rings. The summed E-state index contributed by atoms with van der Waals surface area (Å²) in [5.41, 5.74) is 2.66. The van der Waals surface area contributed by atoms with Crippen LogP contribution in [0.4, 0.5) is 0 Å². The van der Waals surface area contributed by atoms with Crippen LogP contribution in [0.25, 0.3) is 28.4 Å². The monoisotopic (exact) mass is 518 g/mol. The summed E-state index contributed by atoms with van der Waals surface area (Å²) in [4.78, 5) is 26.5. The lowest BCUT2D eigenvalue weighted by molar-refractivity contribution is 0.0736. The van der Waals surface area contributed by atoms with Gasteiger partial charge in [-0.05, 0) is 54.1 Å². The van der Waals surface area contributed by atoms with Crippen LogP contribution in [0.2, 0.25) is 0 Å². The number of ketones is 1. The fourth-order valence-corrected chi connectivity index (χ4v) is 4.47. The van der Waals surface area contributed by atoms with Crippen molar-refractivity contribution in [1.29, 1.82) is 0 Å². The molecule has 192 valence electrons. The Morgan fingerprint density at radius 1 is 0.795 bits per heavy atom. The highest BCUT2D eigenvalue weighted by atomic mass is 16.5. The Balaban J connectivity index is 1.32. The number of methoxy groups -OCH3 is 2. The van der Waals surface area contributed by atoms with E-state index in [-0.39, 0.29) is 22.9 Å². The van der Waals surface area contributed by atoms with Gasteiger partial charge >= 0.3 is 5.97 Å². The Kier molecular flexibility index (Phi) is 6.09. The highest BCUT2D eigenvalue weighted by Gasteiger charge is 2.29. The molecule has 7 heteroatoms. The molecule has 0 atom stereocenters. The maximum atomic E-state index is 13.6. The zero-order valence-corrected chi connectivity index (χ0v) is 21.1. The van der Waals surface area contributed by atoms with E-state index in [9.17, 15) is 9.59 Å². The quantitative estimate of drug-likeness (QED) is 0.137. The van der Waals surface area contributed by atoms with Crippen molar-refractivity contribution in [1.82, 2.24) is 0 Å². The van der Waals surface area contributed by atoms with Crippen LogP contribution >= 0.6 is 0 Å². The number of furan rings is 1. The van der Waals surface area contributed by atoms with Crippen molar-refractivity contribution in [3.8, 4) is 34.3 Å². The smallest absolute Gasteiger partial charge is 0.348 e. The van der Waals surface area contributed by atoms with Gasteiger partial charge in [-0.3, -0.25) is 4.79 Å². The summed E-state index contributed by atoms with van der Waals surface area (Å²) in [6.07, 6.45) is 1.65. The normalized spacial score (nSPS) is 13.3. The number of carbonyl (C=O) groups excluding carboxylic acids is 2. The number of benzene rings is 4. The molecule has 2 heterocycles. The molecular formula is C32H22O7. The van der Waals surface area contributed by atoms with Crippen LogP contribution in [0.1, 0.15) is 26.3 Å². The highest BCUT2D eigenvalue weighted by molar-refractivity contribution is 6.15. The average Bonchev–Trinajstić information content (AvgIpc) is 3.50. The third-order valence-electron chi connectivity index (χ3n) is 6.38. The lowest BCUT2D eigenvalue weighted by atomic mass is 10.1. The average molecular weight is 519 g/mol. The molecule has 4 aromatic carbocycles. The lowest BCUT2D eigenvalue weighted by Gasteiger charge is -2.07. The molecule has 0 unspecified atom stereocenters. The number of Topliss-reactive ketones (excluding diaryl/α,β-unsaturated/α-hetero) is 1. The van der Waals surface area contributed by atoms with Crippen LogP contribution in [-0.2, 0) is 0 Å². The zero-order valence-electron chi connectivity index (χ0n) is 21.1. The molecule has 0 spiro atoms. The molecule has 6 rings (SSSR count). The van der Waals surface area contributed by atoms with E-state index in [0.29, 0.717) is 39.5 Å². The van der Waals surface area contributed by atoms with E-state index in [1.807, 2.05) is 48.5 Å². The van der Waals surface area contributed by atoms with E-state index in [1.165, 1.54) is 6.07 Å². The van der Waals surface area contributed by atoms with E-state index >= 15 is 0 Å². The summed E-state index contributed by atoms with van der Waals surface area (Å²) >= 11 is 0. The van der Waals surface area contributed by atoms with Gasteiger partial charge in [-0.15, -0.1) is 0 Å². The minimum Gasteiger partial charge on any atom is -0.497 e. The van der Waals surface area contributed by atoms with Crippen LogP contribution in [-0.4, -0.2) is 26.0 Å². The summed E-state index contributed by atoms with van der Waals surface area (Å²) < 4.78 is 28.3. The van der Waals surface area contributed by atoms with Crippen LogP contribution in [0, 0.1) is 0 Å². The number of hydrogen-bond acceptors (Lipinski definition) is 7. The standard InChI is InChI=1S/C32H22O7/c1-35-21-10-6-7-19(15-21)16-28-30(33)24-13-11-23(18-27(24)38-28)37-32(34)29-25-17-22(36-2)12-14-26(25)39-31(29)20-8-4-3-5-9-20/h3-18H,1-2H3. The molecule has 0 radical (unpaired) electrons. The first-order chi connectivity index (χ1) is 19.0. The van der Waals surface area contributed by atoms with E-state index in [2.05, 4.69) is 0 Å². The van der Waals surface area contributed by atoms with Crippen molar-refractivity contribution in [3.05, 3.63) is 113 Å². The summed E-state index contributed by atoms with van der Waals surface area (Å²) in [5, 5.41) is 0.564. The Bertz CT molecular complexity index is 1760. The van der Waals surface area contributed by atoms with Crippen LogP contribution < -0.4 is 18.9 Å². The number of carbonyl (C=O) groups is 2. The molecule has 0 N–H and O–H groups in total. The Morgan fingerprint density at radius 2 is 1.56 bits per heavy atom. The third-order valence-corrected chi connectivity index (χ3v) is 6.38. The molecule has 0 amide bonds. The highest BCUT2D eigenvalue weighted by Crippen LogP contribution is 2.38. The number of esters is 1. The van der Waals surface area contributed by atoms with Crippen LogP contribution in [0.15, 0.2) is 101 Å². The summed E-state index contributed by atoms with van der Waals surface area (Å²) in [6, 6.07) is 26.6. The first-order valence-corrected chi connectivity index (χ1v) is 12.1. The van der Waals surface area contributed by atoms with Gasteiger partial charge in [0, 0.05) is 17.0 Å². The van der Waals surface area contributed by atoms with Crippen LogP contribution in [0.3, 0.4) is 0 Å². The van der Waals surface area contributed by atoms with Gasteiger partial charge in [0.15, 0.2) is 5.76 Å². The van der Waals surface area contributed by atoms with Crippen molar-refractivity contribution in [2.75, 3.05) is 14.2 Å². The van der Waals surface area contributed by atoms with Gasteiger partial charge in [0.1, 0.15) is 39.9 Å². The molecule has 0 aliphatic carbocycles. The van der Waals surface area contributed by atoms with E-state index in [4.69, 9.17) is 23.4 Å². The van der Waals surface area contributed by atoms with E-state index in [0.717, 1.165) is 11.1 Å². The van der Waals surface area contributed by atoms with E-state index < -0.39 is 5.97 Å². The van der Waals surface area contributed by atoms with Crippen molar-refractivity contribution >= 4 is 28.8 Å². The molecule has 1 aliphatic heterocycles. The first-order valence-electron chi connectivity index (χ1n) is 12.1. The number of ether oxygens (including phenoxy) is 4. The second kappa shape index (κ2) is 9.87. The molecule has 0 saturated carbocycles. The number of allylic oxidation sites excluding steroid dienone is 1. The second-order valence-corrected chi connectivity index (χ2v) is 8.80. The maximum Gasteiger partial charge on any atom is 0.348 e. The first kappa shape index (κ1) is 24.1. The summed E-state index contributed by atoms with van der Waals surface area (Å²) in [7, 11) is 3.13. The Morgan fingerprint density at radius 3 is 2.36 bits per heavy atom. The molecule has 0 bridgehead atoms. The molecule has 0 saturated heterocycles. The van der Waals surface area contributed by atoms with Crippen molar-refractivity contribution in [2.45, 2.75) is 0 Å². The molecule has 1 aromatic heterocycles. The second-order valence-electron chi connectivity index (χ2n) is 8.80. The molecule has 7 nitrogen and oxygen atoms in total.